The molecule has 0 spiro atoms. The van der Waals surface area contributed by atoms with Gasteiger partial charge in [-0.25, -0.2) is 0 Å². The van der Waals surface area contributed by atoms with E-state index in [2.05, 4.69) is 20.8 Å². The van der Waals surface area contributed by atoms with E-state index in [4.69, 9.17) is 13.9 Å². The zero-order valence-corrected chi connectivity index (χ0v) is 17.1. The molecule has 1 N–H and O–H groups in total. The van der Waals surface area contributed by atoms with Gasteiger partial charge in [0.2, 0.25) is 0 Å². The average molecular weight is 427 g/mol. The monoisotopic (exact) mass is 426 g/mol. The number of ether oxygens (including phenoxy) is 2. The average Bonchev–Trinajstić information content (AvgIpc) is 3.43. The van der Waals surface area contributed by atoms with Crippen LogP contribution in [0.3, 0.4) is 0 Å². The molecule has 4 rings (SSSR count). The normalized spacial score (nSPS) is 10.4. The number of nitrogens with zero attached hydrogens (tertiary/aromatic N) is 4. The molecule has 4 aromatic rings. The van der Waals surface area contributed by atoms with Crippen LogP contribution in [0.25, 0.3) is 5.69 Å². The Morgan fingerprint density at radius 3 is 2.63 bits per heavy atom. The van der Waals surface area contributed by atoms with E-state index >= 15 is 0 Å². The van der Waals surface area contributed by atoms with E-state index < -0.39 is 0 Å². The summed E-state index contributed by atoms with van der Waals surface area (Å²) in [5.74, 6) is 2.07. The van der Waals surface area contributed by atoms with E-state index in [1.54, 1.807) is 6.26 Å². The number of hydrogen-bond acceptors (Lipinski definition) is 7. The van der Waals surface area contributed by atoms with Crippen molar-refractivity contribution >= 4 is 0 Å². The van der Waals surface area contributed by atoms with Crippen molar-refractivity contribution < 1.29 is 26.3 Å². The second kappa shape index (κ2) is 10.4. The number of nitrogens with one attached hydrogen (secondary N) is 1. The lowest BCUT2D eigenvalue weighted by Crippen LogP contribution is -3.00. The predicted octanol–water partition coefficient (Wildman–Crippen LogP) is 0.740. The number of aromatic nitrogens is 4. The molecule has 2 heterocycles. The number of halogens is 1. The maximum atomic E-state index is 5.97. The molecule has 9 heteroatoms. The Balaban J connectivity index is 0.00000256. The minimum atomic E-state index is 0. The third-order valence-electron chi connectivity index (χ3n) is 4.16. The Morgan fingerprint density at radius 2 is 1.87 bits per heavy atom. The Hall–Kier alpha value is -3.36. The van der Waals surface area contributed by atoms with Crippen molar-refractivity contribution in [3.8, 4) is 23.2 Å². The van der Waals surface area contributed by atoms with Crippen molar-refractivity contribution in [2.24, 2.45) is 0 Å². The Bertz CT molecular complexity index is 1040. The Labute approximate surface area is 180 Å². The number of para-hydroxylation sites is 1. The maximum Gasteiger partial charge on any atom is 0.346 e. The van der Waals surface area contributed by atoms with Crippen LogP contribution in [0, 0.1) is 0 Å². The third kappa shape index (κ3) is 5.16. The summed E-state index contributed by atoms with van der Waals surface area (Å²) in [6, 6.07) is 19.4. The summed E-state index contributed by atoms with van der Waals surface area (Å²) in [4.78, 5) is 0. The Kier molecular flexibility index (Phi) is 7.42. The summed E-state index contributed by atoms with van der Waals surface area (Å²) in [6.45, 7) is 3.77. The fraction of sp³-hybridized carbons (Fsp3) is 0.190. The van der Waals surface area contributed by atoms with Crippen molar-refractivity contribution in [2.45, 2.75) is 20.0 Å². The highest BCUT2D eigenvalue weighted by Crippen LogP contribution is 2.32. The lowest BCUT2D eigenvalue weighted by molar-refractivity contribution is -0.00000756. The number of rotatable bonds is 9. The molecule has 2 aromatic heterocycles. The van der Waals surface area contributed by atoms with Gasteiger partial charge in [0.05, 0.1) is 25.1 Å². The highest BCUT2D eigenvalue weighted by molar-refractivity contribution is 5.44. The fourth-order valence-corrected chi connectivity index (χ4v) is 2.83. The van der Waals surface area contributed by atoms with Gasteiger partial charge in [-0.3, -0.25) is 0 Å². The fourth-order valence-electron chi connectivity index (χ4n) is 2.83. The van der Waals surface area contributed by atoms with E-state index in [0.29, 0.717) is 31.2 Å². The second-order valence-corrected chi connectivity index (χ2v) is 6.21. The smallest absolute Gasteiger partial charge is 0.346 e. The molecule has 156 valence electrons. The SMILES string of the molecule is CCOc1cc(CNCc2ccco2)ccc1Oc1nnnn1-c1ccccc1.[Cl-]. The first kappa shape index (κ1) is 21.4. The molecule has 0 atom stereocenters. The van der Waals surface area contributed by atoms with Gasteiger partial charge < -0.3 is 31.6 Å². The number of furan rings is 1. The molecule has 0 aliphatic heterocycles. The summed E-state index contributed by atoms with van der Waals surface area (Å²) in [6.07, 6.45) is 1.67. The van der Waals surface area contributed by atoms with E-state index in [0.717, 1.165) is 17.0 Å². The van der Waals surface area contributed by atoms with Crippen LogP contribution in [0.15, 0.2) is 71.3 Å². The first-order valence-electron chi connectivity index (χ1n) is 9.34. The van der Waals surface area contributed by atoms with E-state index in [9.17, 15) is 0 Å². The van der Waals surface area contributed by atoms with Gasteiger partial charge in [0.25, 0.3) is 0 Å². The van der Waals surface area contributed by atoms with Crippen LogP contribution in [-0.2, 0) is 13.1 Å². The standard InChI is InChI=1S/C21H21N5O3.ClH/c1-2-27-20-13-16(14-22-15-18-9-6-12-28-18)10-11-19(20)29-21-23-24-25-26(21)17-7-4-3-5-8-17;/h3-13,22H,2,14-15H2,1H3;1H/p-1. The van der Waals surface area contributed by atoms with Gasteiger partial charge in [0, 0.05) is 6.54 Å². The first-order valence-corrected chi connectivity index (χ1v) is 9.34. The molecule has 0 aliphatic rings. The van der Waals surface area contributed by atoms with Gasteiger partial charge in [0.1, 0.15) is 5.76 Å². The molecule has 30 heavy (non-hydrogen) atoms. The van der Waals surface area contributed by atoms with Crippen LogP contribution >= 0.6 is 0 Å². The van der Waals surface area contributed by atoms with Crippen molar-refractivity contribution in [3.63, 3.8) is 0 Å². The van der Waals surface area contributed by atoms with Crippen molar-refractivity contribution in [2.75, 3.05) is 6.61 Å². The van der Waals surface area contributed by atoms with Crippen molar-refractivity contribution in [3.05, 3.63) is 78.3 Å². The van der Waals surface area contributed by atoms with Gasteiger partial charge in [-0.2, -0.15) is 4.68 Å². The molecule has 8 nitrogen and oxygen atoms in total. The van der Waals surface area contributed by atoms with Gasteiger partial charge in [-0.15, -0.1) is 0 Å². The maximum absolute atomic E-state index is 5.97. The minimum Gasteiger partial charge on any atom is -1.00 e. The number of tetrazole rings is 1. The van der Waals surface area contributed by atoms with E-state index in [-0.39, 0.29) is 18.4 Å². The van der Waals surface area contributed by atoms with Crippen LogP contribution in [-0.4, -0.2) is 26.8 Å². The summed E-state index contributed by atoms with van der Waals surface area (Å²) in [5.41, 5.74) is 1.87. The zero-order chi connectivity index (χ0) is 19.9. The van der Waals surface area contributed by atoms with Crippen molar-refractivity contribution in [1.29, 1.82) is 0 Å². The van der Waals surface area contributed by atoms with E-state index in [1.807, 2.05) is 67.6 Å². The summed E-state index contributed by atoms with van der Waals surface area (Å²) >= 11 is 0. The number of hydrogen-bond donors (Lipinski definition) is 1. The van der Waals surface area contributed by atoms with E-state index in [1.165, 1.54) is 4.68 Å². The molecular weight excluding hydrogens is 406 g/mol. The van der Waals surface area contributed by atoms with Crippen molar-refractivity contribution in [1.82, 2.24) is 25.5 Å². The lowest BCUT2D eigenvalue weighted by Gasteiger charge is -2.13. The van der Waals surface area contributed by atoms with Crippen LogP contribution in [0.4, 0.5) is 0 Å². The molecular formula is C21H21ClN5O3-. The summed E-state index contributed by atoms with van der Waals surface area (Å²) in [5, 5.41) is 15.1. The van der Waals surface area contributed by atoms with Crippen LogP contribution < -0.4 is 27.2 Å². The molecule has 0 amide bonds. The van der Waals surface area contributed by atoms with Gasteiger partial charge in [-0.1, -0.05) is 29.4 Å². The van der Waals surface area contributed by atoms with Gasteiger partial charge >= 0.3 is 6.01 Å². The quantitative estimate of drug-likeness (QED) is 0.422. The largest absolute Gasteiger partial charge is 1.00 e. The minimum absolute atomic E-state index is 0. The zero-order valence-electron chi connectivity index (χ0n) is 16.4. The molecule has 0 bridgehead atoms. The Morgan fingerprint density at radius 1 is 1.00 bits per heavy atom. The highest BCUT2D eigenvalue weighted by Gasteiger charge is 2.14. The molecule has 0 saturated carbocycles. The first-order chi connectivity index (χ1) is 14.3. The molecule has 2 aromatic carbocycles. The highest BCUT2D eigenvalue weighted by atomic mass is 35.5. The molecule has 0 saturated heterocycles. The van der Waals surface area contributed by atoms with Crippen LogP contribution in [0.5, 0.6) is 17.5 Å². The van der Waals surface area contributed by atoms with Gasteiger partial charge in [0.15, 0.2) is 11.5 Å². The summed E-state index contributed by atoms with van der Waals surface area (Å²) in [7, 11) is 0. The molecule has 0 aliphatic carbocycles. The molecule has 0 unspecified atom stereocenters. The number of benzene rings is 2. The topological polar surface area (TPSA) is 87.2 Å². The third-order valence-corrected chi connectivity index (χ3v) is 4.16. The van der Waals surface area contributed by atoms with Crippen LogP contribution in [0.1, 0.15) is 18.2 Å². The predicted molar refractivity (Wildman–Crippen MR) is 106 cm³/mol. The summed E-state index contributed by atoms with van der Waals surface area (Å²) < 4.78 is 18.6. The van der Waals surface area contributed by atoms with Crippen LogP contribution in [0.2, 0.25) is 0 Å². The van der Waals surface area contributed by atoms with Gasteiger partial charge in [-0.05, 0) is 59.3 Å². The lowest BCUT2D eigenvalue weighted by atomic mass is 10.2. The molecule has 0 fully saturated rings. The second-order valence-electron chi connectivity index (χ2n) is 6.21. The molecule has 0 radical (unpaired) electrons.